The van der Waals surface area contributed by atoms with Gasteiger partial charge in [0.1, 0.15) is 12.4 Å². The molecule has 0 bridgehead atoms. The number of benzene rings is 2. The van der Waals surface area contributed by atoms with Gasteiger partial charge in [0.25, 0.3) is 17.5 Å². The Balaban J connectivity index is 1.51. The van der Waals surface area contributed by atoms with Crippen LogP contribution in [0.15, 0.2) is 77.6 Å². The summed E-state index contributed by atoms with van der Waals surface area (Å²) in [7, 11) is 0. The fourth-order valence-corrected chi connectivity index (χ4v) is 3.76. The number of anilines is 1. The molecule has 11 nitrogen and oxygen atoms in total. The molecule has 2 aromatic carbocycles. The molecule has 4 rings (SSSR count). The summed E-state index contributed by atoms with van der Waals surface area (Å²) in [6.45, 7) is 2.31. The number of nitro benzene ring substituents is 1. The Bertz CT molecular complexity index is 1400. The molecule has 0 atom stereocenters. The first kappa shape index (κ1) is 26.2. The van der Waals surface area contributed by atoms with Crippen LogP contribution in [-0.2, 0) is 16.2 Å². The van der Waals surface area contributed by atoms with Crippen LogP contribution in [-0.4, -0.2) is 39.2 Å². The second-order valence-corrected chi connectivity index (χ2v) is 8.52. The number of carbonyl (C=O) groups is 2. The molecule has 11 heteroatoms. The molecule has 38 heavy (non-hydrogen) atoms. The highest BCUT2D eigenvalue weighted by molar-refractivity contribution is 6.07. The standard InChI is InChI=1S/C27H26N6O5/c1-2-12-32(38-17-18-5-9-23(10-6-18)33(36)37)27(35)21-13-19-7-8-20(14-24(19)31-25(28)15-21)26(34)30-22-4-3-11-29-16-22/h3-11,13-14,16H,2,12,15,17H2,1H3,(H2,28,31)(H,30,34). The number of aromatic nitrogens is 1. The average molecular weight is 515 g/mol. The number of hydrogen-bond donors (Lipinski definition) is 2. The van der Waals surface area contributed by atoms with Crippen molar-refractivity contribution in [1.82, 2.24) is 10.0 Å². The molecule has 3 aromatic rings. The highest BCUT2D eigenvalue weighted by Crippen LogP contribution is 2.29. The SMILES string of the molecule is CCCN(OCc1ccc([N+](=O)[O-])cc1)C(=O)C1=Cc2ccc(C(=O)Nc3cccnc3)cc2N=C(N)C1. The number of non-ortho nitro benzene ring substituents is 1. The predicted molar refractivity (Wildman–Crippen MR) is 142 cm³/mol. The van der Waals surface area contributed by atoms with E-state index in [9.17, 15) is 19.7 Å². The number of fused-ring (bicyclic) bond motifs is 1. The smallest absolute Gasteiger partial charge is 0.273 e. The molecular formula is C27H26N6O5. The van der Waals surface area contributed by atoms with Crippen LogP contribution < -0.4 is 11.1 Å². The number of nitrogens with one attached hydrogen (secondary N) is 1. The Labute approximate surface area is 218 Å². The van der Waals surface area contributed by atoms with E-state index < -0.39 is 4.92 Å². The van der Waals surface area contributed by atoms with Gasteiger partial charge in [-0.3, -0.25) is 29.5 Å². The van der Waals surface area contributed by atoms with Crippen LogP contribution in [0.25, 0.3) is 6.08 Å². The molecule has 0 saturated heterocycles. The predicted octanol–water partition coefficient (Wildman–Crippen LogP) is 4.39. The number of nitrogens with zero attached hydrogens (tertiary/aromatic N) is 4. The Morgan fingerprint density at radius 3 is 2.66 bits per heavy atom. The van der Waals surface area contributed by atoms with Crippen molar-refractivity contribution in [3.8, 4) is 0 Å². The van der Waals surface area contributed by atoms with E-state index >= 15 is 0 Å². The average Bonchev–Trinajstić information content (AvgIpc) is 3.08. The number of hydroxylamine groups is 2. The normalized spacial score (nSPS) is 12.4. The van der Waals surface area contributed by atoms with Gasteiger partial charge in [0, 0.05) is 48.0 Å². The zero-order valence-electron chi connectivity index (χ0n) is 20.7. The third kappa shape index (κ3) is 6.45. The topological polar surface area (TPSA) is 153 Å². The maximum Gasteiger partial charge on any atom is 0.273 e. The molecule has 3 N–H and O–H groups in total. The molecular weight excluding hydrogens is 488 g/mol. The third-order valence-corrected chi connectivity index (χ3v) is 5.64. The van der Waals surface area contributed by atoms with Crippen LogP contribution in [0.1, 0.15) is 41.3 Å². The first-order valence-electron chi connectivity index (χ1n) is 11.9. The number of aliphatic imine (C=N–C) groups is 1. The minimum Gasteiger partial charge on any atom is -0.387 e. The highest BCUT2D eigenvalue weighted by atomic mass is 16.7. The zero-order valence-corrected chi connectivity index (χ0v) is 20.7. The summed E-state index contributed by atoms with van der Waals surface area (Å²) >= 11 is 0. The van der Waals surface area contributed by atoms with Crippen molar-refractivity contribution in [1.29, 1.82) is 0 Å². The largest absolute Gasteiger partial charge is 0.387 e. The number of amidine groups is 1. The number of nitrogens with two attached hydrogens (primary N) is 1. The Morgan fingerprint density at radius 2 is 1.97 bits per heavy atom. The van der Waals surface area contributed by atoms with Gasteiger partial charge in [0.2, 0.25) is 0 Å². The fraction of sp³-hybridized carbons (Fsp3) is 0.185. The van der Waals surface area contributed by atoms with Gasteiger partial charge in [-0.2, -0.15) is 0 Å². The summed E-state index contributed by atoms with van der Waals surface area (Å²) < 4.78 is 0. The molecule has 0 unspecified atom stereocenters. The van der Waals surface area contributed by atoms with E-state index in [0.29, 0.717) is 46.6 Å². The Hall–Kier alpha value is -4.90. The van der Waals surface area contributed by atoms with Crippen molar-refractivity contribution in [3.63, 3.8) is 0 Å². The number of amides is 2. The van der Waals surface area contributed by atoms with Crippen molar-refractivity contribution in [2.75, 3.05) is 11.9 Å². The second-order valence-electron chi connectivity index (χ2n) is 8.52. The quantitative estimate of drug-likeness (QED) is 0.317. The first-order chi connectivity index (χ1) is 18.3. The van der Waals surface area contributed by atoms with E-state index in [4.69, 9.17) is 10.6 Å². The van der Waals surface area contributed by atoms with Crippen molar-refractivity contribution in [2.45, 2.75) is 26.4 Å². The second kappa shape index (κ2) is 11.9. The summed E-state index contributed by atoms with van der Waals surface area (Å²) in [5.74, 6) is -0.467. The first-order valence-corrected chi connectivity index (χ1v) is 11.9. The summed E-state index contributed by atoms with van der Waals surface area (Å²) in [4.78, 5) is 50.7. The van der Waals surface area contributed by atoms with E-state index in [2.05, 4.69) is 15.3 Å². The van der Waals surface area contributed by atoms with Gasteiger partial charge in [0.05, 0.1) is 22.5 Å². The van der Waals surface area contributed by atoms with E-state index in [1.54, 1.807) is 60.9 Å². The maximum atomic E-state index is 13.4. The van der Waals surface area contributed by atoms with Crippen LogP contribution in [0.4, 0.5) is 17.1 Å². The molecule has 0 fully saturated rings. The van der Waals surface area contributed by atoms with E-state index in [0.717, 1.165) is 0 Å². The molecule has 0 radical (unpaired) electrons. The lowest BCUT2D eigenvalue weighted by molar-refractivity contribution is -0.384. The molecule has 1 aromatic heterocycles. The Morgan fingerprint density at radius 1 is 1.18 bits per heavy atom. The van der Waals surface area contributed by atoms with E-state index in [1.807, 2.05) is 6.92 Å². The fourth-order valence-electron chi connectivity index (χ4n) is 3.76. The van der Waals surface area contributed by atoms with Crippen LogP contribution in [0.3, 0.4) is 0 Å². The Kier molecular flexibility index (Phi) is 8.19. The number of nitro groups is 1. The number of pyridine rings is 1. The third-order valence-electron chi connectivity index (χ3n) is 5.64. The molecule has 2 amide bonds. The molecule has 0 saturated carbocycles. The molecule has 1 aliphatic rings. The molecule has 0 spiro atoms. The number of rotatable bonds is 9. The van der Waals surface area contributed by atoms with Crippen molar-refractivity contribution in [3.05, 3.63) is 99.4 Å². The lowest BCUT2D eigenvalue weighted by Crippen LogP contribution is -2.34. The number of carbonyl (C=O) groups excluding carboxylic acids is 2. The van der Waals surface area contributed by atoms with Crippen LogP contribution >= 0.6 is 0 Å². The molecule has 1 aliphatic heterocycles. The summed E-state index contributed by atoms with van der Waals surface area (Å²) in [6.07, 6.45) is 5.61. The molecule has 0 aliphatic carbocycles. The van der Waals surface area contributed by atoms with Crippen molar-refractivity contribution in [2.24, 2.45) is 10.7 Å². The van der Waals surface area contributed by atoms with Gasteiger partial charge >= 0.3 is 0 Å². The van der Waals surface area contributed by atoms with Gasteiger partial charge in [-0.25, -0.2) is 10.1 Å². The van der Waals surface area contributed by atoms with Crippen molar-refractivity contribution >= 4 is 40.8 Å². The minimum atomic E-state index is -0.476. The number of hydrogen-bond acceptors (Lipinski definition) is 8. The van der Waals surface area contributed by atoms with Crippen molar-refractivity contribution < 1.29 is 19.3 Å². The van der Waals surface area contributed by atoms with Gasteiger partial charge in [-0.1, -0.05) is 13.0 Å². The van der Waals surface area contributed by atoms with Crippen LogP contribution in [0.2, 0.25) is 0 Å². The highest BCUT2D eigenvalue weighted by Gasteiger charge is 2.23. The minimum absolute atomic E-state index is 0.0232. The van der Waals surface area contributed by atoms with Crippen LogP contribution in [0.5, 0.6) is 0 Å². The maximum absolute atomic E-state index is 13.4. The van der Waals surface area contributed by atoms with E-state index in [-0.39, 0.29) is 36.4 Å². The van der Waals surface area contributed by atoms with Gasteiger partial charge in [-0.15, -0.1) is 0 Å². The lowest BCUT2D eigenvalue weighted by Gasteiger charge is -2.22. The van der Waals surface area contributed by atoms with Gasteiger partial charge in [0.15, 0.2) is 0 Å². The summed E-state index contributed by atoms with van der Waals surface area (Å²) in [6, 6.07) is 14.4. The van der Waals surface area contributed by atoms with Gasteiger partial charge < -0.3 is 11.1 Å². The molecule has 2 heterocycles. The summed E-state index contributed by atoms with van der Waals surface area (Å²) in [5, 5.41) is 14.9. The summed E-state index contributed by atoms with van der Waals surface area (Å²) in [5.41, 5.74) is 9.23. The van der Waals surface area contributed by atoms with E-state index in [1.165, 1.54) is 17.2 Å². The van der Waals surface area contributed by atoms with Gasteiger partial charge in [-0.05, 0) is 54.5 Å². The molecule has 194 valence electrons. The lowest BCUT2D eigenvalue weighted by atomic mass is 10.0. The zero-order chi connectivity index (χ0) is 27.1. The monoisotopic (exact) mass is 514 g/mol. The van der Waals surface area contributed by atoms with Crippen LogP contribution in [0, 0.1) is 10.1 Å².